The van der Waals surface area contributed by atoms with E-state index in [1.165, 1.54) is 22.3 Å². The highest BCUT2D eigenvalue weighted by Crippen LogP contribution is 2.12. The Balaban J connectivity index is -0.0000000182. The van der Waals surface area contributed by atoms with Crippen molar-refractivity contribution in [2.75, 3.05) is 0 Å². The van der Waals surface area contributed by atoms with Gasteiger partial charge in [0.1, 0.15) is 0 Å². The van der Waals surface area contributed by atoms with Crippen molar-refractivity contribution in [3.63, 3.8) is 0 Å². The van der Waals surface area contributed by atoms with Gasteiger partial charge in [-0.05, 0) is 122 Å². The first-order valence-corrected chi connectivity index (χ1v) is 34.2. The molecule has 0 unspecified atom stereocenters. The maximum absolute atomic E-state index is 10.5. The number of aliphatic imine (C=N–C) groups is 3. The standard InChI is InChI=1S/C8H9NO.3C8H9N.C8H8O2.C7H8.12C2H6.CH2O2.CO2.9CH4.2H2O4S.9H2O/c1-6-2-4-7(5-3-6)8(9)10;3*1-7-3-5-8(9-2)6-4-7;1-6-2-4-7(5-3-6)8(9)10;1-7-5-3-2-4-6-7;12*1-2;2*2-1-3;;;;;;;;;;2*1-5(2,3)4;;;;;;;;;/h2-5H,1H3,(H2,9,10);3*3-6H,2H2,1H3;2-5H,1H3,(H,9,10);2-6H,1H3;12*1-2H3;1H,(H,2,3);;9*1H4;2*(H2,1,2,3,4);9*1H2. The van der Waals surface area contributed by atoms with Gasteiger partial charge >= 0.3 is 32.9 Å². The van der Waals surface area contributed by atoms with Gasteiger partial charge in [0.05, 0.1) is 22.6 Å². The van der Waals surface area contributed by atoms with Gasteiger partial charge in [-0.25, -0.2) is 4.79 Å². The van der Waals surface area contributed by atoms with E-state index in [2.05, 4.69) is 54.2 Å². The van der Waals surface area contributed by atoms with Gasteiger partial charge in [0.25, 0.3) is 6.47 Å². The summed E-state index contributed by atoms with van der Waals surface area (Å²) >= 11 is 0. The first-order chi connectivity index (χ1) is 44.6. The second-order valence-electron chi connectivity index (χ2n) is 13.1. The summed E-state index contributed by atoms with van der Waals surface area (Å²) in [5, 5.41) is 15.4. The minimum absolute atomic E-state index is 0. The smallest absolute Gasteiger partial charge is 0.394 e. The molecule has 0 saturated heterocycles. The molecule has 0 bridgehead atoms. The number of carbonyl (C=O) groups excluding carboxylic acids is 3. The van der Waals surface area contributed by atoms with Crippen molar-refractivity contribution in [1.29, 1.82) is 0 Å². The second kappa shape index (κ2) is 201. The topological polar surface area (TPSA) is 622 Å². The number of primary amides is 1. The summed E-state index contributed by atoms with van der Waals surface area (Å²) in [6.07, 6.45) is 0.250. The number of benzene rings is 6. The van der Waals surface area contributed by atoms with Crippen LogP contribution in [0.3, 0.4) is 0 Å². The second-order valence-corrected chi connectivity index (χ2v) is 14.9. The molecular weight excluding hydrogens is 1490 g/mol. The zero-order valence-electron chi connectivity index (χ0n) is 67.7. The molecule has 28 nitrogen and oxygen atoms in total. The quantitative estimate of drug-likeness (QED) is 0.0479. The minimum Gasteiger partial charge on any atom is -0.483 e. The largest absolute Gasteiger partial charge is 0.483 e. The third-order valence-electron chi connectivity index (χ3n) is 7.22. The Bertz CT molecular complexity index is 2460. The number of amides is 1. The Morgan fingerprint density at radius 1 is 0.321 bits per heavy atom. The molecule has 0 spiro atoms. The lowest BCUT2D eigenvalue weighted by Gasteiger charge is -1.93. The third-order valence-corrected chi connectivity index (χ3v) is 7.22. The first kappa shape index (κ1) is 225. The predicted molar refractivity (Wildman–Crippen MR) is 502 cm³/mol. The highest BCUT2D eigenvalue weighted by atomic mass is 32.3. The van der Waals surface area contributed by atoms with Gasteiger partial charge in [-0.3, -0.25) is 42.8 Å². The van der Waals surface area contributed by atoms with E-state index in [0.29, 0.717) is 11.1 Å². The maximum Gasteiger partial charge on any atom is 0.394 e. The summed E-state index contributed by atoms with van der Waals surface area (Å²) in [4.78, 5) is 56.7. The molecule has 0 atom stereocenters. The van der Waals surface area contributed by atoms with E-state index >= 15 is 0 Å². The molecule has 6 rings (SSSR count). The maximum atomic E-state index is 10.5. The van der Waals surface area contributed by atoms with Gasteiger partial charge in [-0.15, -0.1) is 0 Å². The molecule has 1 amide bonds. The molecule has 688 valence electrons. The van der Waals surface area contributed by atoms with Gasteiger partial charge in [0, 0.05) is 5.56 Å². The molecule has 0 aliphatic rings. The van der Waals surface area contributed by atoms with Crippen molar-refractivity contribution in [3.8, 4) is 0 Å². The number of nitrogens with two attached hydrogens (primary N) is 1. The summed E-state index contributed by atoms with van der Waals surface area (Å²) in [7, 11) is -9.33. The Kier molecular flexibility index (Phi) is 404. The predicted octanol–water partition coefficient (Wildman–Crippen LogP) is 20.2. The number of aryl methyl sites for hydroxylation is 6. The molecule has 30 heteroatoms. The van der Waals surface area contributed by atoms with Crippen LogP contribution in [-0.2, 0) is 35.2 Å². The van der Waals surface area contributed by atoms with Crippen LogP contribution in [0.25, 0.3) is 0 Å². The monoisotopic (exact) mass is 1670 g/mol. The third kappa shape index (κ3) is 254. The molecular formula is C82H184N4O24S2. The van der Waals surface area contributed by atoms with Crippen LogP contribution < -0.4 is 5.73 Å². The minimum atomic E-state index is -4.67. The molecule has 26 N–H and O–H groups in total. The molecule has 0 aliphatic heterocycles. The van der Waals surface area contributed by atoms with Crippen LogP contribution in [0.2, 0.25) is 0 Å². The van der Waals surface area contributed by atoms with Crippen LogP contribution in [0, 0.1) is 41.5 Å². The van der Waals surface area contributed by atoms with Crippen LogP contribution in [0.5, 0.6) is 0 Å². The van der Waals surface area contributed by atoms with Crippen molar-refractivity contribution in [2.45, 2.75) is 275 Å². The van der Waals surface area contributed by atoms with Crippen molar-refractivity contribution >= 4 is 82.5 Å². The summed E-state index contributed by atoms with van der Waals surface area (Å²) in [6.45, 7) is 70.1. The zero-order valence-corrected chi connectivity index (χ0v) is 69.4. The molecule has 0 saturated carbocycles. The Morgan fingerprint density at radius 3 is 0.536 bits per heavy atom. The SMILES string of the molecule is C.C.C.C.C.C.C.C.C.C=Nc1ccc(C)cc1.C=Nc1ccc(C)cc1.C=Nc1ccc(C)cc1.CC.CC.CC.CC.CC.CC.CC.CC.CC.CC.CC.CC.Cc1ccc(C(=O)O)cc1.Cc1ccc(C(N)=O)cc1.Cc1ccccc1.O.O.O.O.O.O.O.O.O.O=C=O.O=CO.O=S(=O)(O)O.O=S(=O)(O)O. The molecule has 6 aromatic carbocycles. The van der Waals surface area contributed by atoms with E-state index in [1.54, 1.807) is 36.4 Å². The Labute approximate surface area is 689 Å². The van der Waals surface area contributed by atoms with E-state index < -0.39 is 26.8 Å². The van der Waals surface area contributed by atoms with Gasteiger partial charge in [-0.1, -0.05) is 357 Å². The van der Waals surface area contributed by atoms with Crippen molar-refractivity contribution < 1.29 is 119 Å². The summed E-state index contributed by atoms with van der Waals surface area (Å²) in [6, 6.07) is 48.0. The van der Waals surface area contributed by atoms with E-state index in [0.717, 1.165) is 28.2 Å². The van der Waals surface area contributed by atoms with Gasteiger partial charge in [-0.2, -0.15) is 26.4 Å². The van der Waals surface area contributed by atoms with Crippen LogP contribution >= 0.6 is 0 Å². The average Bonchev–Trinajstić information content (AvgIpc) is 0.935. The molecule has 112 heavy (non-hydrogen) atoms. The fraction of sp³-hybridized carbons (Fsp3) is 0.476. The summed E-state index contributed by atoms with van der Waals surface area (Å²) in [5.74, 6) is -1.25. The van der Waals surface area contributed by atoms with E-state index in [1.807, 2.05) is 304 Å². The molecule has 0 aromatic heterocycles. The average molecular weight is 1670 g/mol. The van der Waals surface area contributed by atoms with Gasteiger partial charge in [0.15, 0.2) is 0 Å². The molecule has 0 heterocycles. The van der Waals surface area contributed by atoms with Crippen LogP contribution in [-0.4, -0.2) is 139 Å². The van der Waals surface area contributed by atoms with Crippen LogP contribution in [0.4, 0.5) is 17.1 Å². The van der Waals surface area contributed by atoms with Crippen LogP contribution in [0.15, 0.2) is 167 Å². The van der Waals surface area contributed by atoms with E-state index in [-0.39, 0.29) is 135 Å². The summed E-state index contributed by atoms with van der Waals surface area (Å²) in [5.41, 5.74) is 16.0. The number of hydrogen-bond acceptors (Lipinski definition) is 12. The first-order valence-electron chi connectivity index (χ1n) is 31.4. The number of hydrogen-bond donors (Lipinski definition) is 7. The lowest BCUT2D eigenvalue weighted by Crippen LogP contribution is -2.10. The number of carboxylic acid groups (broad SMARTS) is 2. The lowest BCUT2D eigenvalue weighted by molar-refractivity contribution is -0.191. The van der Waals surface area contributed by atoms with Gasteiger partial charge in [0.2, 0.25) is 5.91 Å². The zero-order chi connectivity index (χ0) is 78.7. The highest BCUT2D eigenvalue weighted by molar-refractivity contribution is 7.80. The summed E-state index contributed by atoms with van der Waals surface area (Å²) < 4.78 is 63.2. The fourth-order valence-corrected chi connectivity index (χ4v) is 3.90. The number of carbonyl (C=O) groups is 3. The fourth-order valence-electron chi connectivity index (χ4n) is 3.90. The Hall–Kier alpha value is -8.50. The van der Waals surface area contributed by atoms with Crippen molar-refractivity contribution in [3.05, 3.63) is 196 Å². The molecule has 0 fully saturated rings. The highest BCUT2D eigenvalue weighted by Gasteiger charge is 1.99. The molecule has 6 aromatic rings. The number of nitrogens with zero attached hydrogens (tertiary/aromatic N) is 3. The van der Waals surface area contributed by atoms with Crippen LogP contribution in [0.1, 0.15) is 287 Å². The number of carboxylic acids is 1. The van der Waals surface area contributed by atoms with Crippen molar-refractivity contribution in [1.82, 2.24) is 0 Å². The van der Waals surface area contributed by atoms with Crippen molar-refractivity contribution in [2.24, 2.45) is 20.7 Å². The molecule has 0 radical (unpaired) electrons. The lowest BCUT2D eigenvalue weighted by atomic mass is 10.1. The van der Waals surface area contributed by atoms with E-state index in [9.17, 15) is 9.59 Å². The van der Waals surface area contributed by atoms with E-state index in [4.69, 9.17) is 65.4 Å². The normalized spacial score (nSPS) is 6.23. The Morgan fingerprint density at radius 2 is 0.438 bits per heavy atom. The molecule has 0 aliphatic carbocycles. The van der Waals surface area contributed by atoms with Gasteiger partial charge < -0.3 is 65.2 Å². The number of rotatable bonds is 5. The number of aromatic carboxylic acids is 1.